The number of fused-ring (bicyclic) bond motifs is 2. The maximum Gasteiger partial charge on any atom is 0.237 e. The van der Waals surface area contributed by atoms with Crippen LogP contribution in [0.4, 0.5) is 0 Å². The van der Waals surface area contributed by atoms with Gasteiger partial charge in [0.1, 0.15) is 5.54 Å². The molecule has 1 unspecified atom stereocenters. The molecule has 9 heteroatoms. The Morgan fingerprint density at radius 2 is 2.00 bits per heavy atom. The first-order valence-corrected chi connectivity index (χ1v) is 11.7. The number of sulfonamides is 1. The number of amides is 1. The predicted molar refractivity (Wildman–Crippen MR) is 103 cm³/mol. The van der Waals surface area contributed by atoms with Crippen LogP contribution in [0.25, 0.3) is 0 Å². The molecule has 1 amide bonds. The molecule has 3 N–H and O–H groups in total. The third-order valence-electron chi connectivity index (χ3n) is 6.32. The van der Waals surface area contributed by atoms with E-state index in [1.54, 1.807) is 4.31 Å². The maximum absolute atomic E-state index is 12.2. The molecule has 0 aromatic heterocycles. The first kappa shape index (κ1) is 21.0. The van der Waals surface area contributed by atoms with Crippen LogP contribution < -0.4 is 5.73 Å². The minimum Gasteiger partial charge on any atom is -0.390 e. The molecule has 0 aliphatic carbocycles. The molecule has 0 aromatic carbocycles. The number of aliphatic hydroxyl groups is 1. The second-order valence-corrected chi connectivity index (χ2v) is 10.2. The van der Waals surface area contributed by atoms with Crippen LogP contribution in [0.5, 0.6) is 0 Å². The van der Waals surface area contributed by atoms with Crippen molar-refractivity contribution in [3.05, 3.63) is 6.42 Å². The van der Waals surface area contributed by atoms with Crippen LogP contribution in [0.15, 0.2) is 0 Å². The molecular formula is C18H33N4O4S. The lowest BCUT2D eigenvalue weighted by molar-refractivity contribution is -0.131. The van der Waals surface area contributed by atoms with Crippen molar-refractivity contribution < 1.29 is 18.3 Å². The molecule has 2 bridgehead atoms. The molecule has 3 rings (SSSR count). The highest BCUT2D eigenvalue weighted by Crippen LogP contribution is 2.43. The van der Waals surface area contributed by atoms with Gasteiger partial charge in [-0.2, -0.15) is 4.31 Å². The van der Waals surface area contributed by atoms with Gasteiger partial charge in [0.15, 0.2) is 0 Å². The van der Waals surface area contributed by atoms with E-state index >= 15 is 0 Å². The number of hydrogen-bond donors (Lipinski definition) is 2. The van der Waals surface area contributed by atoms with E-state index in [0.717, 1.165) is 19.3 Å². The van der Waals surface area contributed by atoms with Crippen molar-refractivity contribution in [2.45, 2.75) is 56.7 Å². The first-order chi connectivity index (χ1) is 12.8. The van der Waals surface area contributed by atoms with Crippen LogP contribution in [0.2, 0.25) is 0 Å². The highest BCUT2D eigenvalue weighted by molar-refractivity contribution is 7.89. The van der Waals surface area contributed by atoms with Crippen LogP contribution in [0, 0.1) is 6.42 Å². The number of carbonyl (C=O) groups excluding carboxylic acids is 1. The van der Waals surface area contributed by atoms with Gasteiger partial charge in [-0.15, -0.1) is 0 Å². The third kappa shape index (κ3) is 4.32. The standard InChI is InChI=1S/C18H33N4O4S/c1-2-12-27(25,26)21-10-8-20(9-11-21)13-16(23)14-22-15-4-3-6-18(22,7-5-15)17(19)24/h3,15-16,23H,2,4-14H2,1H3,(H2,19,24)/t15-,16?,18-/m1/s1. The number of piperazine rings is 1. The van der Waals surface area contributed by atoms with Gasteiger partial charge < -0.3 is 10.8 Å². The Kier molecular flexibility index (Phi) is 6.47. The first-order valence-electron chi connectivity index (χ1n) is 10.0. The quantitative estimate of drug-likeness (QED) is 0.562. The zero-order valence-corrected chi connectivity index (χ0v) is 17.0. The molecule has 3 fully saturated rings. The Labute approximate surface area is 162 Å². The van der Waals surface area contributed by atoms with Crippen LogP contribution in [-0.4, -0.2) is 96.2 Å². The molecule has 0 spiro atoms. The van der Waals surface area contributed by atoms with Crippen molar-refractivity contribution >= 4 is 15.9 Å². The number of hydrogen-bond acceptors (Lipinski definition) is 6. The van der Waals surface area contributed by atoms with E-state index in [2.05, 4.69) is 16.2 Å². The molecular weight excluding hydrogens is 368 g/mol. The number of primary amides is 1. The predicted octanol–water partition coefficient (Wildman–Crippen LogP) is -0.609. The van der Waals surface area contributed by atoms with Crippen molar-refractivity contribution in [1.82, 2.24) is 14.1 Å². The number of piperidine rings is 1. The van der Waals surface area contributed by atoms with Crippen molar-refractivity contribution in [2.24, 2.45) is 5.73 Å². The van der Waals surface area contributed by atoms with Gasteiger partial charge in [0.05, 0.1) is 11.9 Å². The molecule has 0 aromatic rings. The topological polar surface area (TPSA) is 107 Å². The molecule has 8 nitrogen and oxygen atoms in total. The molecule has 0 saturated carbocycles. The monoisotopic (exact) mass is 401 g/mol. The lowest BCUT2D eigenvalue weighted by atomic mass is 9.87. The van der Waals surface area contributed by atoms with Gasteiger partial charge in [0, 0.05) is 45.3 Å². The van der Waals surface area contributed by atoms with E-state index < -0.39 is 21.7 Å². The second kappa shape index (κ2) is 8.32. The van der Waals surface area contributed by atoms with Crippen molar-refractivity contribution in [3.8, 4) is 0 Å². The fourth-order valence-corrected chi connectivity index (χ4v) is 6.38. The van der Waals surface area contributed by atoms with Gasteiger partial charge >= 0.3 is 0 Å². The molecule has 27 heavy (non-hydrogen) atoms. The minimum atomic E-state index is -3.15. The number of nitrogens with zero attached hydrogens (tertiary/aromatic N) is 3. The van der Waals surface area contributed by atoms with E-state index in [1.165, 1.54) is 0 Å². The number of aliphatic hydroxyl groups excluding tert-OH is 1. The summed E-state index contributed by atoms with van der Waals surface area (Å²) in [6.45, 7) is 4.99. The van der Waals surface area contributed by atoms with E-state index in [-0.39, 0.29) is 17.7 Å². The third-order valence-corrected chi connectivity index (χ3v) is 8.40. The molecule has 1 radical (unpaired) electrons. The van der Waals surface area contributed by atoms with Crippen molar-refractivity contribution in [1.29, 1.82) is 0 Å². The van der Waals surface area contributed by atoms with Gasteiger partial charge in [0.2, 0.25) is 15.9 Å². The van der Waals surface area contributed by atoms with Crippen LogP contribution >= 0.6 is 0 Å². The molecule has 3 saturated heterocycles. The number of β-amino-alcohol motifs (C(OH)–C–C–N with tert-alkyl or cyclic N) is 1. The molecule has 3 atom stereocenters. The zero-order valence-electron chi connectivity index (χ0n) is 16.2. The smallest absolute Gasteiger partial charge is 0.237 e. The van der Waals surface area contributed by atoms with Gasteiger partial charge in [0.25, 0.3) is 0 Å². The highest BCUT2D eigenvalue weighted by atomic mass is 32.2. The average Bonchev–Trinajstić information content (AvgIpc) is 2.81. The zero-order chi connectivity index (χ0) is 19.7. The second-order valence-electron chi connectivity index (χ2n) is 8.14. The van der Waals surface area contributed by atoms with Crippen LogP contribution in [0.1, 0.15) is 39.0 Å². The highest BCUT2D eigenvalue weighted by Gasteiger charge is 2.52. The van der Waals surface area contributed by atoms with Crippen molar-refractivity contribution in [3.63, 3.8) is 0 Å². The summed E-state index contributed by atoms with van der Waals surface area (Å²) in [4.78, 5) is 16.3. The Bertz CT molecular complexity index is 631. The summed E-state index contributed by atoms with van der Waals surface area (Å²) in [5.41, 5.74) is 5.09. The SMILES string of the molecule is CCCS(=O)(=O)N1CCN(CC(O)CN2[C@@H]3C[CH]C[C@]2(C(N)=O)CC3)CC1. The molecule has 3 heterocycles. The van der Waals surface area contributed by atoms with Gasteiger partial charge in [-0.25, -0.2) is 8.42 Å². The summed E-state index contributed by atoms with van der Waals surface area (Å²) in [7, 11) is -3.15. The Balaban J connectivity index is 1.52. The molecule has 3 aliphatic rings. The fourth-order valence-electron chi connectivity index (χ4n) is 4.88. The fraction of sp³-hybridized carbons (Fsp3) is 0.889. The van der Waals surface area contributed by atoms with Gasteiger partial charge in [-0.05, 0) is 38.5 Å². The number of carbonyl (C=O) groups is 1. The maximum atomic E-state index is 12.2. The summed E-state index contributed by atoms with van der Waals surface area (Å²) in [6, 6.07) is 0.289. The normalized spacial score (nSPS) is 31.9. The summed E-state index contributed by atoms with van der Waals surface area (Å²) in [5.74, 6) is -0.0963. The summed E-state index contributed by atoms with van der Waals surface area (Å²) in [6.07, 6.45) is 5.51. The van der Waals surface area contributed by atoms with E-state index in [9.17, 15) is 18.3 Å². The number of nitrogens with two attached hydrogens (primary N) is 1. The average molecular weight is 402 g/mol. The van der Waals surface area contributed by atoms with Crippen LogP contribution in [-0.2, 0) is 14.8 Å². The van der Waals surface area contributed by atoms with E-state index in [1.807, 2.05) is 6.92 Å². The minimum absolute atomic E-state index is 0.193. The van der Waals surface area contributed by atoms with E-state index in [0.29, 0.717) is 52.1 Å². The molecule has 3 aliphatic heterocycles. The molecule has 155 valence electrons. The lowest BCUT2D eigenvalue weighted by Gasteiger charge is -2.44. The summed E-state index contributed by atoms with van der Waals surface area (Å²) >= 11 is 0. The van der Waals surface area contributed by atoms with E-state index in [4.69, 9.17) is 5.73 Å². The summed E-state index contributed by atoms with van der Waals surface area (Å²) < 4.78 is 25.9. The van der Waals surface area contributed by atoms with Crippen molar-refractivity contribution in [2.75, 3.05) is 45.0 Å². The summed E-state index contributed by atoms with van der Waals surface area (Å²) in [5, 5.41) is 10.6. The Hall–Kier alpha value is -0.740. The van der Waals surface area contributed by atoms with Gasteiger partial charge in [-0.3, -0.25) is 14.6 Å². The largest absolute Gasteiger partial charge is 0.390 e. The Morgan fingerprint density at radius 1 is 1.30 bits per heavy atom. The number of rotatable bonds is 8. The Morgan fingerprint density at radius 3 is 2.63 bits per heavy atom. The van der Waals surface area contributed by atoms with Gasteiger partial charge in [-0.1, -0.05) is 6.92 Å². The van der Waals surface area contributed by atoms with Crippen LogP contribution in [0.3, 0.4) is 0 Å². The lowest BCUT2D eigenvalue weighted by Crippen LogP contribution is -2.60.